The predicted octanol–water partition coefficient (Wildman–Crippen LogP) is 3.16. The zero-order valence-electron chi connectivity index (χ0n) is 13.2. The second kappa shape index (κ2) is 4.87. The number of fused-ring (bicyclic) bond motifs is 2. The van der Waals surface area contributed by atoms with E-state index in [2.05, 4.69) is 13.8 Å². The zero-order valence-corrected chi connectivity index (χ0v) is 13.2. The van der Waals surface area contributed by atoms with E-state index in [1.165, 1.54) is 6.92 Å². The van der Waals surface area contributed by atoms with Crippen LogP contribution < -0.4 is 0 Å². The number of aryl methyl sites for hydroxylation is 1. The molecule has 0 bridgehead atoms. The van der Waals surface area contributed by atoms with Gasteiger partial charge in [0.05, 0.1) is 12.4 Å². The normalized spacial score (nSPS) is 38.5. The molecule has 0 saturated heterocycles. The van der Waals surface area contributed by atoms with Gasteiger partial charge in [-0.15, -0.1) is 0 Å². The Hall–Kier alpha value is -1.29. The molecule has 4 heteroatoms. The number of hydrogen-bond donors (Lipinski definition) is 1. The Morgan fingerprint density at radius 3 is 2.86 bits per heavy atom. The third kappa shape index (κ3) is 2.03. The predicted molar refractivity (Wildman–Crippen MR) is 77.7 cm³/mol. The van der Waals surface area contributed by atoms with Crippen LogP contribution in [0.4, 0.5) is 0 Å². The lowest BCUT2D eigenvalue weighted by Crippen LogP contribution is -2.52. The van der Waals surface area contributed by atoms with Crippen LogP contribution in [0.5, 0.6) is 0 Å². The fourth-order valence-corrected chi connectivity index (χ4v) is 4.40. The highest BCUT2D eigenvalue weighted by molar-refractivity contribution is 5.66. The second-order valence-electron chi connectivity index (χ2n) is 6.97. The van der Waals surface area contributed by atoms with Gasteiger partial charge in [-0.05, 0) is 31.2 Å². The maximum atomic E-state index is 11.6. The van der Waals surface area contributed by atoms with E-state index in [9.17, 15) is 9.90 Å². The van der Waals surface area contributed by atoms with Gasteiger partial charge in [-0.3, -0.25) is 4.79 Å². The van der Waals surface area contributed by atoms with Crippen LogP contribution in [0.25, 0.3) is 0 Å². The fraction of sp³-hybridized carbons (Fsp3) is 0.706. The van der Waals surface area contributed by atoms with Gasteiger partial charge in [0.15, 0.2) is 0 Å². The molecule has 1 aromatic heterocycles. The van der Waals surface area contributed by atoms with Crippen LogP contribution in [0.1, 0.15) is 56.6 Å². The van der Waals surface area contributed by atoms with Gasteiger partial charge in [0, 0.05) is 30.2 Å². The average Bonchev–Trinajstić information content (AvgIpc) is 2.78. The second-order valence-corrected chi connectivity index (χ2v) is 6.97. The van der Waals surface area contributed by atoms with Crippen LogP contribution in [0.2, 0.25) is 0 Å². The molecule has 0 aliphatic heterocycles. The van der Waals surface area contributed by atoms with E-state index in [-0.39, 0.29) is 29.5 Å². The molecular weight excluding hydrogens is 268 g/mol. The molecule has 1 fully saturated rings. The smallest absolute Gasteiger partial charge is 0.303 e. The Morgan fingerprint density at radius 1 is 1.48 bits per heavy atom. The molecule has 116 valence electrons. The van der Waals surface area contributed by atoms with Crippen LogP contribution in [0.15, 0.2) is 10.7 Å². The summed E-state index contributed by atoms with van der Waals surface area (Å²) in [6, 6.07) is 0. The molecule has 1 N–H and O–H groups in total. The minimum absolute atomic E-state index is 0.0728. The molecule has 3 rings (SSSR count). The molecule has 21 heavy (non-hydrogen) atoms. The SMILES string of the molecule is CC(=O)OC1c2c(C)coc2CC2C(O)CCC(C)C12C. The molecule has 0 amide bonds. The molecule has 5 unspecified atom stereocenters. The van der Waals surface area contributed by atoms with Crippen molar-refractivity contribution < 1.29 is 19.1 Å². The number of ether oxygens (including phenoxy) is 1. The highest BCUT2D eigenvalue weighted by Gasteiger charge is 2.57. The maximum Gasteiger partial charge on any atom is 0.303 e. The Morgan fingerprint density at radius 2 is 2.19 bits per heavy atom. The Kier molecular flexibility index (Phi) is 3.40. The summed E-state index contributed by atoms with van der Waals surface area (Å²) in [5.74, 6) is 1.05. The summed E-state index contributed by atoms with van der Waals surface area (Å²) in [4.78, 5) is 11.6. The quantitative estimate of drug-likeness (QED) is 0.808. The summed E-state index contributed by atoms with van der Waals surface area (Å²) in [5.41, 5.74) is 1.80. The van der Waals surface area contributed by atoms with Crippen LogP contribution in [-0.4, -0.2) is 17.2 Å². The van der Waals surface area contributed by atoms with Crippen LogP contribution in [0, 0.1) is 24.2 Å². The molecule has 0 aromatic carbocycles. The standard InChI is InChI=1S/C17H24O4/c1-9-8-20-14-7-12-13(19)6-5-10(2)17(12,4)16(15(9)14)21-11(3)18/h8,10,12-13,16,19H,5-7H2,1-4H3. The van der Waals surface area contributed by atoms with Crippen molar-refractivity contribution >= 4 is 5.97 Å². The van der Waals surface area contributed by atoms with Crippen molar-refractivity contribution in [3.63, 3.8) is 0 Å². The minimum Gasteiger partial charge on any atom is -0.469 e. The van der Waals surface area contributed by atoms with Crippen LogP contribution in [-0.2, 0) is 16.0 Å². The van der Waals surface area contributed by atoms with Crippen molar-refractivity contribution in [2.45, 2.75) is 59.2 Å². The number of hydrogen-bond acceptors (Lipinski definition) is 4. The number of esters is 1. The monoisotopic (exact) mass is 292 g/mol. The van der Waals surface area contributed by atoms with Gasteiger partial charge < -0.3 is 14.3 Å². The summed E-state index contributed by atoms with van der Waals surface area (Å²) in [5, 5.41) is 10.5. The molecule has 2 aliphatic carbocycles. The van der Waals surface area contributed by atoms with Gasteiger partial charge in [-0.2, -0.15) is 0 Å². The maximum absolute atomic E-state index is 11.6. The zero-order chi connectivity index (χ0) is 15.4. The van der Waals surface area contributed by atoms with Crippen molar-refractivity contribution in [1.29, 1.82) is 0 Å². The molecule has 1 heterocycles. The van der Waals surface area contributed by atoms with Gasteiger partial charge in [0.2, 0.25) is 0 Å². The van der Waals surface area contributed by atoms with Crippen molar-refractivity contribution in [3.8, 4) is 0 Å². The molecule has 0 spiro atoms. The van der Waals surface area contributed by atoms with Crippen molar-refractivity contribution in [3.05, 3.63) is 23.2 Å². The first-order chi connectivity index (χ1) is 9.85. The largest absolute Gasteiger partial charge is 0.469 e. The first kappa shape index (κ1) is 14.6. The Labute approximate surface area is 125 Å². The lowest BCUT2D eigenvalue weighted by molar-refractivity contribution is -0.176. The lowest BCUT2D eigenvalue weighted by Gasteiger charge is -2.54. The minimum atomic E-state index is -0.359. The molecular formula is C17H24O4. The number of furan rings is 1. The first-order valence-electron chi connectivity index (χ1n) is 7.77. The molecule has 5 atom stereocenters. The number of aliphatic hydroxyl groups excluding tert-OH is 1. The average molecular weight is 292 g/mol. The van der Waals surface area contributed by atoms with Gasteiger partial charge in [0.25, 0.3) is 0 Å². The lowest BCUT2D eigenvalue weighted by atomic mass is 9.53. The van der Waals surface area contributed by atoms with Gasteiger partial charge in [0.1, 0.15) is 11.9 Å². The molecule has 1 saturated carbocycles. The van der Waals surface area contributed by atoms with Crippen molar-refractivity contribution in [1.82, 2.24) is 0 Å². The molecule has 0 radical (unpaired) electrons. The number of carbonyl (C=O) groups is 1. The summed E-state index contributed by atoms with van der Waals surface area (Å²) in [7, 11) is 0. The number of carbonyl (C=O) groups excluding carboxylic acids is 1. The third-order valence-corrected chi connectivity index (χ3v) is 5.84. The van der Waals surface area contributed by atoms with E-state index in [0.29, 0.717) is 5.92 Å². The third-order valence-electron chi connectivity index (χ3n) is 5.84. The molecule has 4 nitrogen and oxygen atoms in total. The molecule has 2 aliphatic rings. The summed E-state index contributed by atoms with van der Waals surface area (Å²) in [6.07, 6.45) is 3.54. The van der Waals surface area contributed by atoms with Crippen LogP contribution in [0.3, 0.4) is 0 Å². The summed E-state index contributed by atoms with van der Waals surface area (Å²) < 4.78 is 11.4. The van der Waals surface area contributed by atoms with Gasteiger partial charge in [-0.25, -0.2) is 0 Å². The summed E-state index contributed by atoms with van der Waals surface area (Å²) in [6.45, 7) is 7.81. The number of aliphatic hydroxyl groups is 1. The number of rotatable bonds is 1. The van der Waals surface area contributed by atoms with E-state index in [1.807, 2.05) is 6.92 Å². The fourth-order valence-electron chi connectivity index (χ4n) is 4.40. The van der Waals surface area contributed by atoms with E-state index in [4.69, 9.17) is 9.15 Å². The van der Waals surface area contributed by atoms with Crippen LogP contribution >= 0.6 is 0 Å². The first-order valence-corrected chi connectivity index (χ1v) is 7.77. The topological polar surface area (TPSA) is 59.7 Å². The molecule has 1 aromatic rings. The Bertz CT molecular complexity index is 561. The highest BCUT2D eigenvalue weighted by Crippen LogP contribution is 2.59. The van der Waals surface area contributed by atoms with Crippen molar-refractivity contribution in [2.75, 3.05) is 0 Å². The Balaban J connectivity index is 2.14. The van der Waals surface area contributed by atoms with Gasteiger partial charge in [-0.1, -0.05) is 13.8 Å². The van der Waals surface area contributed by atoms with Crippen molar-refractivity contribution in [2.24, 2.45) is 17.3 Å². The van der Waals surface area contributed by atoms with E-state index >= 15 is 0 Å². The van der Waals surface area contributed by atoms with Gasteiger partial charge >= 0.3 is 5.97 Å². The summed E-state index contributed by atoms with van der Waals surface area (Å²) >= 11 is 0. The van der Waals surface area contributed by atoms with E-state index in [1.54, 1.807) is 6.26 Å². The van der Waals surface area contributed by atoms with E-state index < -0.39 is 0 Å². The highest BCUT2D eigenvalue weighted by atomic mass is 16.5. The van der Waals surface area contributed by atoms with E-state index in [0.717, 1.165) is 36.1 Å².